The third kappa shape index (κ3) is 4.44. The van der Waals surface area contributed by atoms with Crippen LogP contribution in [0.1, 0.15) is 30.9 Å². The highest BCUT2D eigenvalue weighted by Crippen LogP contribution is 2.26. The standard InChI is InChI=1S/C23H27N5O3/c1-2-17-6-3-4-7-18(17)26-20(29)15-27-19-8-5-11-25-21(19)22(30)28(23(27)31)14-16-9-12-24-13-10-16/h3-4,6-7,9-10,12-13,19,21,25H,2,5,8,11,14-15H2,1H3,(H,26,29). The van der Waals surface area contributed by atoms with E-state index in [9.17, 15) is 14.4 Å². The van der Waals surface area contributed by atoms with E-state index >= 15 is 0 Å². The number of nitrogens with zero attached hydrogens (tertiary/aromatic N) is 3. The number of piperidine rings is 1. The number of imide groups is 1. The number of hydrogen-bond donors (Lipinski definition) is 2. The number of benzene rings is 1. The lowest BCUT2D eigenvalue weighted by molar-refractivity contribution is -0.138. The number of carbonyl (C=O) groups is 3. The Hall–Kier alpha value is -3.26. The molecule has 2 N–H and O–H groups in total. The summed E-state index contributed by atoms with van der Waals surface area (Å²) in [4.78, 5) is 46.0. The average Bonchev–Trinajstić information content (AvgIpc) is 2.80. The number of fused-ring (bicyclic) bond motifs is 1. The molecule has 0 radical (unpaired) electrons. The molecule has 31 heavy (non-hydrogen) atoms. The van der Waals surface area contributed by atoms with Gasteiger partial charge in [0.25, 0.3) is 0 Å². The summed E-state index contributed by atoms with van der Waals surface area (Å²) in [7, 11) is 0. The Morgan fingerprint density at radius 2 is 1.97 bits per heavy atom. The lowest BCUT2D eigenvalue weighted by Gasteiger charge is -2.46. The van der Waals surface area contributed by atoms with Gasteiger partial charge in [0.1, 0.15) is 12.6 Å². The molecule has 0 aliphatic carbocycles. The third-order valence-corrected chi connectivity index (χ3v) is 5.91. The van der Waals surface area contributed by atoms with Gasteiger partial charge >= 0.3 is 6.03 Å². The van der Waals surface area contributed by atoms with Crippen molar-refractivity contribution in [1.29, 1.82) is 0 Å². The van der Waals surface area contributed by atoms with Gasteiger partial charge in [-0.1, -0.05) is 25.1 Å². The Morgan fingerprint density at radius 3 is 2.74 bits per heavy atom. The van der Waals surface area contributed by atoms with Crippen LogP contribution in [0.5, 0.6) is 0 Å². The first-order valence-corrected chi connectivity index (χ1v) is 10.7. The highest BCUT2D eigenvalue weighted by molar-refractivity contribution is 6.03. The first-order chi connectivity index (χ1) is 15.1. The summed E-state index contributed by atoms with van der Waals surface area (Å²) in [5.41, 5.74) is 2.60. The number of anilines is 1. The Kier molecular flexibility index (Phi) is 6.27. The second-order valence-corrected chi connectivity index (χ2v) is 7.89. The summed E-state index contributed by atoms with van der Waals surface area (Å²) in [6, 6.07) is 9.95. The number of rotatable bonds is 6. The van der Waals surface area contributed by atoms with Gasteiger partial charge in [-0.05, 0) is 55.1 Å². The van der Waals surface area contributed by atoms with Gasteiger partial charge in [-0.15, -0.1) is 0 Å². The Labute approximate surface area is 181 Å². The lowest BCUT2D eigenvalue weighted by Crippen LogP contribution is -2.70. The molecule has 0 saturated carbocycles. The molecular formula is C23H27N5O3. The fraction of sp³-hybridized carbons (Fsp3) is 0.391. The maximum Gasteiger partial charge on any atom is 0.327 e. The summed E-state index contributed by atoms with van der Waals surface area (Å²) >= 11 is 0. The summed E-state index contributed by atoms with van der Waals surface area (Å²) in [5, 5.41) is 6.18. The average molecular weight is 422 g/mol. The van der Waals surface area contributed by atoms with Crippen LogP contribution in [0.4, 0.5) is 10.5 Å². The molecule has 8 heteroatoms. The molecule has 1 aromatic heterocycles. The van der Waals surface area contributed by atoms with Gasteiger partial charge in [0.2, 0.25) is 11.8 Å². The number of nitrogens with one attached hydrogen (secondary N) is 2. The van der Waals surface area contributed by atoms with Crippen LogP contribution < -0.4 is 10.6 Å². The van der Waals surface area contributed by atoms with E-state index in [0.29, 0.717) is 13.0 Å². The minimum Gasteiger partial charge on any atom is -0.324 e. The number of aromatic nitrogens is 1. The molecule has 0 spiro atoms. The zero-order valence-electron chi connectivity index (χ0n) is 17.6. The first kappa shape index (κ1) is 21.0. The second-order valence-electron chi connectivity index (χ2n) is 7.89. The monoisotopic (exact) mass is 421 g/mol. The van der Waals surface area contributed by atoms with E-state index < -0.39 is 12.1 Å². The number of carbonyl (C=O) groups excluding carboxylic acids is 3. The largest absolute Gasteiger partial charge is 0.327 e. The van der Waals surface area contributed by atoms with Crippen LogP contribution in [-0.2, 0) is 22.6 Å². The third-order valence-electron chi connectivity index (χ3n) is 5.91. The van der Waals surface area contributed by atoms with Crippen molar-refractivity contribution < 1.29 is 14.4 Å². The molecule has 2 aliphatic rings. The predicted octanol–water partition coefficient (Wildman–Crippen LogP) is 2.17. The van der Waals surface area contributed by atoms with Gasteiger partial charge in [-0.2, -0.15) is 0 Å². The Morgan fingerprint density at radius 1 is 1.19 bits per heavy atom. The number of aryl methyl sites for hydroxylation is 1. The fourth-order valence-electron chi connectivity index (χ4n) is 4.31. The van der Waals surface area contributed by atoms with Gasteiger partial charge in [0, 0.05) is 18.1 Å². The van der Waals surface area contributed by atoms with E-state index in [0.717, 1.165) is 29.7 Å². The van der Waals surface area contributed by atoms with Crippen LogP contribution in [0, 0.1) is 0 Å². The van der Waals surface area contributed by atoms with E-state index in [4.69, 9.17) is 0 Å². The van der Waals surface area contributed by atoms with Crippen molar-refractivity contribution in [2.45, 2.75) is 44.8 Å². The summed E-state index contributed by atoms with van der Waals surface area (Å²) in [6.45, 7) is 2.80. The topological polar surface area (TPSA) is 94.6 Å². The molecule has 2 unspecified atom stereocenters. The molecule has 2 aromatic rings. The number of para-hydroxylation sites is 1. The molecule has 162 valence electrons. The summed E-state index contributed by atoms with van der Waals surface area (Å²) < 4.78 is 0. The molecule has 2 atom stereocenters. The molecular weight excluding hydrogens is 394 g/mol. The van der Waals surface area contributed by atoms with Crippen molar-refractivity contribution in [3.05, 3.63) is 59.9 Å². The molecule has 0 bridgehead atoms. The maximum atomic E-state index is 13.3. The molecule has 3 heterocycles. The van der Waals surface area contributed by atoms with E-state index in [1.165, 1.54) is 4.90 Å². The van der Waals surface area contributed by atoms with E-state index in [2.05, 4.69) is 15.6 Å². The molecule has 4 rings (SSSR count). The highest BCUT2D eigenvalue weighted by atomic mass is 16.2. The SMILES string of the molecule is CCc1ccccc1NC(=O)CN1C(=O)N(Cc2ccncc2)C(=O)C2NCCCC21. The van der Waals surface area contributed by atoms with Gasteiger partial charge in [0.15, 0.2) is 0 Å². The Bertz CT molecular complexity index is 965. The number of urea groups is 1. The number of pyridine rings is 1. The van der Waals surface area contributed by atoms with Crippen molar-refractivity contribution >= 4 is 23.5 Å². The molecule has 8 nitrogen and oxygen atoms in total. The van der Waals surface area contributed by atoms with Crippen LogP contribution in [0.3, 0.4) is 0 Å². The minimum atomic E-state index is -0.496. The van der Waals surface area contributed by atoms with Crippen molar-refractivity contribution in [3.8, 4) is 0 Å². The molecule has 2 saturated heterocycles. The predicted molar refractivity (Wildman–Crippen MR) is 116 cm³/mol. The normalized spacial score (nSPS) is 21.1. The van der Waals surface area contributed by atoms with Gasteiger partial charge < -0.3 is 15.5 Å². The lowest BCUT2D eigenvalue weighted by atomic mass is 9.93. The zero-order chi connectivity index (χ0) is 21.8. The van der Waals surface area contributed by atoms with Crippen LogP contribution >= 0.6 is 0 Å². The van der Waals surface area contributed by atoms with Crippen molar-refractivity contribution in [2.24, 2.45) is 0 Å². The quantitative estimate of drug-likeness (QED) is 0.746. The molecule has 2 fully saturated rings. The number of hydrogen-bond acceptors (Lipinski definition) is 5. The van der Waals surface area contributed by atoms with Crippen molar-refractivity contribution in [2.75, 3.05) is 18.4 Å². The molecule has 2 aliphatic heterocycles. The van der Waals surface area contributed by atoms with Crippen molar-refractivity contribution in [3.63, 3.8) is 0 Å². The molecule has 1 aromatic carbocycles. The van der Waals surface area contributed by atoms with Gasteiger partial charge in [0.05, 0.1) is 12.6 Å². The van der Waals surface area contributed by atoms with Crippen LogP contribution in [0.2, 0.25) is 0 Å². The number of amides is 4. The highest BCUT2D eigenvalue weighted by Gasteiger charge is 2.47. The van der Waals surface area contributed by atoms with Crippen molar-refractivity contribution in [1.82, 2.24) is 20.1 Å². The summed E-state index contributed by atoms with van der Waals surface area (Å²) in [6.07, 6.45) is 5.60. The smallest absolute Gasteiger partial charge is 0.324 e. The maximum absolute atomic E-state index is 13.3. The summed E-state index contributed by atoms with van der Waals surface area (Å²) in [5.74, 6) is -0.503. The fourth-order valence-corrected chi connectivity index (χ4v) is 4.31. The molecule has 4 amide bonds. The van der Waals surface area contributed by atoms with Gasteiger partial charge in [-0.25, -0.2) is 4.79 Å². The minimum absolute atomic E-state index is 0.0974. The van der Waals surface area contributed by atoms with Crippen LogP contribution in [-0.4, -0.2) is 57.8 Å². The zero-order valence-corrected chi connectivity index (χ0v) is 17.6. The van der Waals surface area contributed by atoms with E-state index in [1.807, 2.05) is 31.2 Å². The van der Waals surface area contributed by atoms with E-state index in [1.54, 1.807) is 29.4 Å². The van der Waals surface area contributed by atoms with Gasteiger partial charge in [-0.3, -0.25) is 19.5 Å². The van der Waals surface area contributed by atoms with E-state index in [-0.39, 0.29) is 30.9 Å². The van der Waals surface area contributed by atoms with Crippen LogP contribution in [0.15, 0.2) is 48.8 Å². The first-order valence-electron chi connectivity index (χ1n) is 10.7. The second kappa shape index (κ2) is 9.26. The Balaban J connectivity index is 1.54. The van der Waals surface area contributed by atoms with Crippen LogP contribution in [0.25, 0.3) is 0 Å².